The zero-order valence-corrected chi connectivity index (χ0v) is 14.3. The number of amides is 1. The predicted octanol–water partition coefficient (Wildman–Crippen LogP) is 4.04. The zero-order chi connectivity index (χ0) is 16.7. The topological polar surface area (TPSA) is 51.2 Å². The van der Waals surface area contributed by atoms with E-state index in [0.717, 1.165) is 11.3 Å². The Kier molecular flexibility index (Phi) is 6.04. The standard InChI is InChI=1S/C19H26N2O2/c1-19(2,3)23-18(22)21-14-16-10-12-17(20-13-16)11-9-15-7-5-4-6-8-15/h10,12-13,15H,4-8,14H2,1-3H3,(H,21,22). The molecule has 1 fully saturated rings. The number of aromatic nitrogens is 1. The molecule has 1 aliphatic carbocycles. The van der Waals surface area contributed by atoms with Crippen LogP contribution in [0.3, 0.4) is 0 Å². The van der Waals surface area contributed by atoms with Crippen molar-refractivity contribution >= 4 is 6.09 Å². The molecule has 1 amide bonds. The van der Waals surface area contributed by atoms with Gasteiger partial charge in [-0.25, -0.2) is 9.78 Å². The Hall–Kier alpha value is -2.02. The molecule has 0 radical (unpaired) electrons. The van der Waals surface area contributed by atoms with E-state index in [1.807, 2.05) is 32.9 Å². The Morgan fingerprint density at radius 3 is 2.65 bits per heavy atom. The summed E-state index contributed by atoms with van der Waals surface area (Å²) in [4.78, 5) is 16.0. The van der Waals surface area contributed by atoms with Crippen molar-refractivity contribution in [1.29, 1.82) is 0 Å². The van der Waals surface area contributed by atoms with Gasteiger partial charge in [0.2, 0.25) is 0 Å². The number of ether oxygens (including phenoxy) is 1. The number of nitrogens with zero attached hydrogens (tertiary/aromatic N) is 1. The molecule has 0 bridgehead atoms. The molecule has 0 atom stereocenters. The van der Waals surface area contributed by atoms with Crippen molar-refractivity contribution in [1.82, 2.24) is 10.3 Å². The molecule has 0 unspecified atom stereocenters. The van der Waals surface area contributed by atoms with E-state index >= 15 is 0 Å². The van der Waals surface area contributed by atoms with Crippen LogP contribution in [-0.2, 0) is 11.3 Å². The third-order valence-electron chi connectivity index (χ3n) is 3.67. The molecular formula is C19H26N2O2. The van der Waals surface area contributed by atoms with E-state index in [1.165, 1.54) is 32.1 Å². The highest BCUT2D eigenvalue weighted by atomic mass is 16.6. The second-order valence-corrected chi connectivity index (χ2v) is 7.01. The van der Waals surface area contributed by atoms with Crippen molar-refractivity contribution in [3.63, 3.8) is 0 Å². The van der Waals surface area contributed by atoms with E-state index < -0.39 is 11.7 Å². The van der Waals surface area contributed by atoms with Gasteiger partial charge >= 0.3 is 6.09 Å². The lowest BCUT2D eigenvalue weighted by molar-refractivity contribution is 0.0523. The number of pyridine rings is 1. The molecule has 0 aromatic carbocycles. The largest absolute Gasteiger partial charge is 0.444 e. The molecule has 1 N–H and O–H groups in total. The molecule has 0 spiro atoms. The normalized spacial score (nSPS) is 15.4. The van der Waals surface area contributed by atoms with Gasteiger partial charge in [-0.1, -0.05) is 31.2 Å². The fraction of sp³-hybridized carbons (Fsp3) is 0.579. The Balaban J connectivity index is 1.82. The number of carbonyl (C=O) groups excluding carboxylic acids is 1. The highest BCUT2D eigenvalue weighted by molar-refractivity contribution is 5.67. The minimum atomic E-state index is -0.485. The molecule has 1 saturated carbocycles. The van der Waals surface area contributed by atoms with E-state index in [-0.39, 0.29) is 0 Å². The third kappa shape index (κ3) is 6.73. The summed E-state index contributed by atoms with van der Waals surface area (Å²) in [5.41, 5.74) is 1.23. The molecule has 4 nitrogen and oxygen atoms in total. The number of hydrogen-bond acceptors (Lipinski definition) is 3. The molecule has 23 heavy (non-hydrogen) atoms. The van der Waals surface area contributed by atoms with Gasteiger partial charge in [0.05, 0.1) is 0 Å². The fourth-order valence-electron chi connectivity index (χ4n) is 2.51. The molecular weight excluding hydrogens is 288 g/mol. The molecule has 0 saturated heterocycles. The van der Waals surface area contributed by atoms with Gasteiger partial charge in [-0.2, -0.15) is 0 Å². The summed E-state index contributed by atoms with van der Waals surface area (Å²) in [6.07, 6.45) is 7.69. The first kappa shape index (κ1) is 17.3. The van der Waals surface area contributed by atoms with Gasteiger partial charge in [0.25, 0.3) is 0 Å². The van der Waals surface area contributed by atoms with E-state index in [1.54, 1.807) is 6.20 Å². The van der Waals surface area contributed by atoms with Crippen molar-refractivity contribution < 1.29 is 9.53 Å². The third-order valence-corrected chi connectivity index (χ3v) is 3.67. The van der Waals surface area contributed by atoms with Crippen LogP contribution in [0.4, 0.5) is 4.79 Å². The Labute approximate surface area is 139 Å². The van der Waals surface area contributed by atoms with Crippen molar-refractivity contribution in [3.8, 4) is 11.8 Å². The molecule has 1 heterocycles. The minimum absolute atomic E-state index is 0.401. The zero-order valence-electron chi connectivity index (χ0n) is 14.3. The van der Waals surface area contributed by atoms with E-state index in [0.29, 0.717) is 12.5 Å². The summed E-state index contributed by atoms with van der Waals surface area (Å²) in [7, 11) is 0. The summed E-state index contributed by atoms with van der Waals surface area (Å²) in [6, 6.07) is 3.84. The van der Waals surface area contributed by atoms with Crippen molar-refractivity contribution in [2.75, 3.05) is 0 Å². The lowest BCUT2D eigenvalue weighted by Gasteiger charge is -2.19. The van der Waals surface area contributed by atoms with Gasteiger partial charge in [0, 0.05) is 18.7 Å². The first-order valence-corrected chi connectivity index (χ1v) is 8.36. The van der Waals surface area contributed by atoms with E-state index in [2.05, 4.69) is 22.1 Å². The van der Waals surface area contributed by atoms with Crippen molar-refractivity contribution in [2.45, 2.75) is 65.0 Å². The van der Waals surface area contributed by atoms with Gasteiger partial charge in [0.15, 0.2) is 0 Å². The first-order chi connectivity index (χ1) is 10.9. The van der Waals surface area contributed by atoms with Crippen LogP contribution in [0, 0.1) is 17.8 Å². The van der Waals surface area contributed by atoms with E-state index in [9.17, 15) is 4.79 Å². The number of carbonyl (C=O) groups is 1. The molecule has 4 heteroatoms. The van der Waals surface area contributed by atoms with Crippen molar-refractivity contribution in [2.24, 2.45) is 5.92 Å². The van der Waals surface area contributed by atoms with Crippen molar-refractivity contribution in [3.05, 3.63) is 29.6 Å². The van der Waals surface area contributed by atoms with Crippen LogP contribution in [-0.4, -0.2) is 16.7 Å². The highest BCUT2D eigenvalue weighted by Gasteiger charge is 2.15. The maximum atomic E-state index is 11.6. The SMILES string of the molecule is CC(C)(C)OC(=O)NCc1ccc(C#CC2CCCCC2)nc1. The molecule has 0 aliphatic heterocycles. The van der Waals surface area contributed by atoms with Gasteiger partial charge in [0.1, 0.15) is 11.3 Å². The average Bonchev–Trinajstić information content (AvgIpc) is 2.51. The number of hydrogen-bond donors (Lipinski definition) is 1. The average molecular weight is 314 g/mol. The number of alkyl carbamates (subject to hydrolysis) is 1. The quantitative estimate of drug-likeness (QED) is 0.838. The maximum Gasteiger partial charge on any atom is 0.407 e. The van der Waals surface area contributed by atoms with Crippen LogP contribution in [0.15, 0.2) is 18.3 Å². The second-order valence-electron chi connectivity index (χ2n) is 7.01. The van der Waals surface area contributed by atoms with Crippen LogP contribution in [0.5, 0.6) is 0 Å². The smallest absolute Gasteiger partial charge is 0.407 e. The van der Waals surface area contributed by atoms with Crippen LogP contribution in [0.2, 0.25) is 0 Å². The Morgan fingerprint density at radius 1 is 1.30 bits per heavy atom. The lowest BCUT2D eigenvalue weighted by atomic mass is 9.90. The first-order valence-electron chi connectivity index (χ1n) is 8.36. The summed E-state index contributed by atoms with van der Waals surface area (Å²) >= 11 is 0. The van der Waals surface area contributed by atoms with E-state index in [4.69, 9.17) is 4.74 Å². The summed E-state index contributed by atoms with van der Waals surface area (Å²) in [5.74, 6) is 7.02. The Morgan fingerprint density at radius 2 is 2.04 bits per heavy atom. The molecule has 2 rings (SSSR count). The Bertz CT molecular complexity index is 570. The van der Waals surface area contributed by atoms with Crippen LogP contribution >= 0.6 is 0 Å². The second kappa shape index (κ2) is 8.01. The van der Waals surface area contributed by atoms with Crippen LogP contribution < -0.4 is 5.32 Å². The monoisotopic (exact) mass is 314 g/mol. The fourth-order valence-corrected chi connectivity index (χ4v) is 2.51. The number of nitrogens with one attached hydrogen (secondary N) is 1. The number of rotatable bonds is 2. The van der Waals surface area contributed by atoms with Crippen LogP contribution in [0.1, 0.15) is 64.1 Å². The predicted molar refractivity (Wildman–Crippen MR) is 90.8 cm³/mol. The molecule has 1 aromatic rings. The highest BCUT2D eigenvalue weighted by Crippen LogP contribution is 2.22. The van der Waals surface area contributed by atoms with Gasteiger partial charge < -0.3 is 10.1 Å². The molecule has 1 aromatic heterocycles. The summed E-state index contributed by atoms with van der Waals surface area (Å²) in [5, 5.41) is 2.72. The molecule has 1 aliphatic rings. The van der Waals surface area contributed by atoms with Gasteiger partial charge in [-0.15, -0.1) is 0 Å². The van der Waals surface area contributed by atoms with Crippen LogP contribution in [0.25, 0.3) is 0 Å². The maximum absolute atomic E-state index is 11.6. The molecule has 124 valence electrons. The van der Waals surface area contributed by atoms with Gasteiger partial charge in [-0.3, -0.25) is 0 Å². The minimum Gasteiger partial charge on any atom is -0.444 e. The lowest BCUT2D eigenvalue weighted by Crippen LogP contribution is -2.32. The summed E-state index contributed by atoms with van der Waals surface area (Å²) in [6.45, 7) is 5.92. The van der Waals surface area contributed by atoms with Gasteiger partial charge in [-0.05, 0) is 51.2 Å². The summed E-state index contributed by atoms with van der Waals surface area (Å²) < 4.78 is 5.20.